The molecule has 1 rings (SSSR count). The number of carbonyl (C=O) groups excluding carboxylic acids is 1. The van der Waals surface area contributed by atoms with Gasteiger partial charge in [0.25, 0.3) is 0 Å². The molecule has 1 heterocycles. The average Bonchev–Trinajstić information content (AvgIpc) is 2.25. The molecule has 92 valence electrons. The molecule has 1 fully saturated rings. The van der Waals surface area contributed by atoms with Crippen molar-refractivity contribution in [1.29, 1.82) is 0 Å². The highest BCUT2D eigenvalue weighted by Gasteiger charge is 2.28. The maximum absolute atomic E-state index is 11.1. The Morgan fingerprint density at radius 3 is 2.19 bits per heavy atom. The maximum atomic E-state index is 11.1. The number of nitrogens with zero attached hydrogens (tertiary/aromatic N) is 2. The fraction of sp³-hybridized carbons (Fsp3) is 0.818. The smallest absolute Gasteiger partial charge is 0.320 e. The van der Waals surface area contributed by atoms with Gasteiger partial charge in [-0.25, -0.2) is 0 Å². The molecule has 1 unspecified atom stereocenters. The summed E-state index contributed by atoms with van der Waals surface area (Å²) in [6.45, 7) is 6.15. The molecule has 0 aromatic carbocycles. The summed E-state index contributed by atoms with van der Waals surface area (Å²) in [5.41, 5.74) is 0. The van der Waals surface area contributed by atoms with Gasteiger partial charge in [-0.2, -0.15) is 0 Å². The molecule has 1 atom stereocenters. The van der Waals surface area contributed by atoms with E-state index < -0.39 is 5.97 Å². The summed E-state index contributed by atoms with van der Waals surface area (Å²) in [5, 5.41) is 9.11. The fourth-order valence-electron chi connectivity index (χ4n) is 2.08. The first kappa shape index (κ1) is 13.0. The molecule has 5 heteroatoms. The van der Waals surface area contributed by atoms with Gasteiger partial charge in [-0.3, -0.25) is 14.5 Å². The van der Waals surface area contributed by atoms with Gasteiger partial charge >= 0.3 is 5.97 Å². The monoisotopic (exact) mass is 228 g/mol. The van der Waals surface area contributed by atoms with Crippen molar-refractivity contribution >= 4 is 11.9 Å². The predicted octanol–water partition coefficient (Wildman–Crippen LogP) is 0.404. The third-order valence-electron chi connectivity index (χ3n) is 3.05. The Morgan fingerprint density at radius 2 is 1.81 bits per heavy atom. The fourth-order valence-corrected chi connectivity index (χ4v) is 2.08. The zero-order chi connectivity index (χ0) is 12.1. The van der Waals surface area contributed by atoms with Crippen LogP contribution in [0.5, 0.6) is 0 Å². The molecule has 1 saturated heterocycles. The van der Waals surface area contributed by atoms with Crippen LogP contribution >= 0.6 is 0 Å². The van der Waals surface area contributed by atoms with E-state index in [1.165, 1.54) is 0 Å². The van der Waals surface area contributed by atoms with Crippen molar-refractivity contribution in [3.05, 3.63) is 0 Å². The van der Waals surface area contributed by atoms with Gasteiger partial charge in [0.15, 0.2) is 0 Å². The lowest BCUT2D eigenvalue weighted by Gasteiger charge is -2.37. The molecular weight excluding hydrogens is 208 g/mol. The molecular formula is C11H20N2O3. The van der Waals surface area contributed by atoms with Crippen LogP contribution < -0.4 is 0 Å². The van der Waals surface area contributed by atoms with Gasteiger partial charge in [0.1, 0.15) is 6.04 Å². The molecule has 0 aromatic heterocycles. The highest BCUT2D eigenvalue weighted by Crippen LogP contribution is 2.11. The van der Waals surface area contributed by atoms with E-state index in [2.05, 4.69) is 0 Å². The largest absolute Gasteiger partial charge is 0.480 e. The number of rotatable bonds is 4. The van der Waals surface area contributed by atoms with Crippen molar-refractivity contribution in [3.8, 4) is 0 Å². The quantitative estimate of drug-likeness (QED) is 0.757. The first-order valence-electron chi connectivity index (χ1n) is 5.78. The molecule has 0 bridgehead atoms. The molecule has 0 radical (unpaired) electrons. The number of carboxylic acid groups (broad SMARTS) is 1. The SMILES string of the molecule is CCCC(C(=O)O)N1CCN(C(C)=O)CC1. The summed E-state index contributed by atoms with van der Waals surface area (Å²) in [4.78, 5) is 25.9. The molecule has 1 aliphatic heterocycles. The minimum Gasteiger partial charge on any atom is -0.480 e. The minimum absolute atomic E-state index is 0.0713. The topological polar surface area (TPSA) is 60.9 Å². The molecule has 1 N–H and O–H groups in total. The van der Waals surface area contributed by atoms with E-state index in [1.54, 1.807) is 11.8 Å². The number of piperazine rings is 1. The van der Waals surface area contributed by atoms with E-state index in [1.807, 2.05) is 11.8 Å². The normalized spacial score (nSPS) is 19.5. The maximum Gasteiger partial charge on any atom is 0.320 e. The van der Waals surface area contributed by atoms with E-state index in [9.17, 15) is 9.59 Å². The van der Waals surface area contributed by atoms with E-state index in [-0.39, 0.29) is 11.9 Å². The van der Waals surface area contributed by atoms with Crippen LogP contribution in [0.15, 0.2) is 0 Å². The molecule has 1 aliphatic rings. The lowest BCUT2D eigenvalue weighted by Crippen LogP contribution is -2.53. The summed E-state index contributed by atoms with van der Waals surface area (Å²) in [5.74, 6) is -0.680. The summed E-state index contributed by atoms with van der Waals surface area (Å²) >= 11 is 0. The van der Waals surface area contributed by atoms with E-state index in [0.717, 1.165) is 6.42 Å². The third-order valence-corrected chi connectivity index (χ3v) is 3.05. The number of aliphatic carboxylic acids is 1. The predicted molar refractivity (Wildman–Crippen MR) is 60.2 cm³/mol. The van der Waals surface area contributed by atoms with Crippen LogP contribution in [0.1, 0.15) is 26.7 Å². The van der Waals surface area contributed by atoms with Crippen LogP contribution in [0.25, 0.3) is 0 Å². The summed E-state index contributed by atoms with van der Waals surface area (Å²) < 4.78 is 0. The summed E-state index contributed by atoms with van der Waals surface area (Å²) in [6, 6.07) is -0.390. The molecule has 0 aliphatic carbocycles. The Labute approximate surface area is 96.0 Å². The minimum atomic E-state index is -0.752. The van der Waals surface area contributed by atoms with Gasteiger partial charge < -0.3 is 10.0 Å². The van der Waals surface area contributed by atoms with E-state index in [0.29, 0.717) is 32.6 Å². The van der Waals surface area contributed by atoms with Crippen LogP contribution in [-0.4, -0.2) is 59.0 Å². The van der Waals surface area contributed by atoms with Crippen molar-refractivity contribution in [2.45, 2.75) is 32.7 Å². The van der Waals surface area contributed by atoms with Crippen LogP contribution in [0.3, 0.4) is 0 Å². The molecule has 16 heavy (non-hydrogen) atoms. The molecule has 1 amide bonds. The Kier molecular flexibility index (Phi) is 4.73. The Hall–Kier alpha value is -1.10. The second-order valence-corrected chi connectivity index (χ2v) is 4.18. The number of hydrogen-bond donors (Lipinski definition) is 1. The van der Waals surface area contributed by atoms with Crippen LogP contribution in [0.2, 0.25) is 0 Å². The first-order valence-corrected chi connectivity index (χ1v) is 5.78. The molecule has 0 aromatic rings. The zero-order valence-corrected chi connectivity index (χ0v) is 9.98. The first-order chi connectivity index (χ1) is 7.56. The molecule has 0 saturated carbocycles. The van der Waals surface area contributed by atoms with Crippen molar-refractivity contribution < 1.29 is 14.7 Å². The lowest BCUT2D eigenvalue weighted by molar-refractivity contribution is -0.145. The second-order valence-electron chi connectivity index (χ2n) is 4.18. The lowest BCUT2D eigenvalue weighted by atomic mass is 10.1. The van der Waals surface area contributed by atoms with Gasteiger partial charge in [0.2, 0.25) is 5.91 Å². The van der Waals surface area contributed by atoms with E-state index >= 15 is 0 Å². The second kappa shape index (κ2) is 5.84. The van der Waals surface area contributed by atoms with Gasteiger partial charge in [-0.1, -0.05) is 13.3 Å². The molecule has 5 nitrogen and oxygen atoms in total. The molecule has 0 spiro atoms. The number of carbonyl (C=O) groups is 2. The van der Waals surface area contributed by atoms with Crippen LogP contribution in [0, 0.1) is 0 Å². The zero-order valence-electron chi connectivity index (χ0n) is 9.98. The van der Waals surface area contributed by atoms with Gasteiger partial charge in [0.05, 0.1) is 0 Å². The Balaban J connectivity index is 2.50. The highest BCUT2D eigenvalue weighted by molar-refractivity contribution is 5.74. The standard InChI is InChI=1S/C11H20N2O3/c1-3-4-10(11(15)16)13-7-5-12(6-8-13)9(2)14/h10H,3-8H2,1-2H3,(H,15,16). The van der Waals surface area contributed by atoms with Gasteiger partial charge in [-0.05, 0) is 6.42 Å². The number of amides is 1. The van der Waals surface area contributed by atoms with E-state index in [4.69, 9.17) is 5.11 Å². The summed E-state index contributed by atoms with van der Waals surface area (Å²) in [7, 11) is 0. The average molecular weight is 228 g/mol. The van der Waals surface area contributed by atoms with Crippen molar-refractivity contribution in [3.63, 3.8) is 0 Å². The van der Waals surface area contributed by atoms with Gasteiger partial charge in [-0.15, -0.1) is 0 Å². The Morgan fingerprint density at radius 1 is 1.25 bits per heavy atom. The van der Waals surface area contributed by atoms with Crippen LogP contribution in [0.4, 0.5) is 0 Å². The number of hydrogen-bond acceptors (Lipinski definition) is 3. The van der Waals surface area contributed by atoms with Crippen molar-refractivity contribution in [2.24, 2.45) is 0 Å². The summed E-state index contributed by atoms with van der Waals surface area (Å²) in [6.07, 6.45) is 1.54. The van der Waals surface area contributed by atoms with Crippen LogP contribution in [-0.2, 0) is 9.59 Å². The Bertz CT molecular complexity index is 260. The third kappa shape index (κ3) is 3.20. The highest BCUT2D eigenvalue weighted by atomic mass is 16.4. The van der Waals surface area contributed by atoms with Gasteiger partial charge in [0, 0.05) is 33.1 Å². The number of carboxylic acids is 1. The van der Waals surface area contributed by atoms with Crippen molar-refractivity contribution in [1.82, 2.24) is 9.80 Å². The van der Waals surface area contributed by atoms with Crippen molar-refractivity contribution in [2.75, 3.05) is 26.2 Å².